The molecule has 0 unspecified atom stereocenters. The molecule has 0 atom stereocenters. The van der Waals surface area contributed by atoms with Gasteiger partial charge in [0.25, 0.3) is 5.82 Å². The Bertz CT molecular complexity index is 471. The molecule has 0 saturated carbocycles. The quantitative estimate of drug-likeness (QED) is 0.590. The average molecular weight is 216 g/mol. The molecule has 0 radical (unpaired) electrons. The fraction of sp³-hybridized carbons (Fsp3) is 0.0833. The van der Waals surface area contributed by atoms with Crippen LogP contribution in [-0.2, 0) is 6.61 Å². The molecule has 82 valence electrons. The molecule has 0 aliphatic carbocycles. The van der Waals surface area contributed by atoms with Crippen molar-refractivity contribution in [1.82, 2.24) is 0 Å². The van der Waals surface area contributed by atoms with Crippen molar-refractivity contribution in [1.29, 1.82) is 0 Å². The second-order valence-electron chi connectivity index (χ2n) is 3.47. The molecular formula is C12H14N3O+. The van der Waals surface area contributed by atoms with Gasteiger partial charge >= 0.3 is 0 Å². The number of hydrogen-bond donors (Lipinski definition) is 2. The molecule has 1 aromatic carbocycles. The summed E-state index contributed by atoms with van der Waals surface area (Å²) in [5.74, 6) is 6.71. The smallest absolute Gasteiger partial charge is 0.299 e. The van der Waals surface area contributed by atoms with Gasteiger partial charge in [-0.25, -0.2) is 0 Å². The van der Waals surface area contributed by atoms with Gasteiger partial charge in [-0.1, -0.05) is 30.3 Å². The highest BCUT2D eigenvalue weighted by Crippen LogP contribution is 2.12. The molecule has 16 heavy (non-hydrogen) atoms. The standard InChI is InChI=1S/C12H13N3O/c13-12-8-11(6-7-15(12)14)16-9-10-4-2-1-3-5-10/h1-8,13H,9,14H2/p+1. The Kier molecular flexibility index (Phi) is 2.91. The van der Waals surface area contributed by atoms with Crippen molar-refractivity contribution in [2.24, 2.45) is 0 Å². The normalized spacial score (nSPS) is 10.0. The summed E-state index contributed by atoms with van der Waals surface area (Å²) in [6, 6.07) is 13.4. The lowest BCUT2D eigenvalue weighted by Gasteiger charge is -2.05. The van der Waals surface area contributed by atoms with Crippen LogP contribution in [0.15, 0.2) is 48.7 Å². The molecule has 4 heteroatoms. The summed E-state index contributed by atoms with van der Waals surface area (Å²) in [7, 11) is 0. The third-order valence-corrected chi connectivity index (χ3v) is 2.24. The molecule has 0 fully saturated rings. The Balaban J connectivity index is 2.03. The lowest BCUT2D eigenvalue weighted by Crippen LogP contribution is -2.46. The number of aromatic nitrogens is 1. The van der Waals surface area contributed by atoms with Gasteiger partial charge in [0.05, 0.1) is 6.07 Å². The van der Waals surface area contributed by atoms with E-state index in [1.165, 1.54) is 4.68 Å². The van der Waals surface area contributed by atoms with Crippen molar-refractivity contribution >= 4 is 5.82 Å². The second-order valence-corrected chi connectivity index (χ2v) is 3.47. The molecule has 0 amide bonds. The van der Waals surface area contributed by atoms with Crippen LogP contribution >= 0.6 is 0 Å². The van der Waals surface area contributed by atoms with Crippen LogP contribution in [0.1, 0.15) is 5.56 Å². The fourth-order valence-electron chi connectivity index (χ4n) is 1.34. The minimum absolute atomic E-state index is 0.463. The van der Waals surface area contributed by atoms with E-state index in [0.717, 1.165) is 5.56 Å². The van der Waals surface area contributed by atoms with Gasteiger partial charge in [-0.3, -0.25) is 11.6 Å². The van der Waals surface area contributed by atoms with Crippen LogP contribution in [0.2, 0.25) is 0 Å². The molecule has 0 spiro atoms. The number of hydrogen-bond acceptors (Lipinski definition) is 3. The third kappa shape index (κ3) is 2.42. The van der Waals surface area contributed by atoms with E-state index in [1.54, 1.807) is 18.3 Å². The van der Waals surface area contributed by atoms with E-state index in [1.807, 2.05) is 30.3 Å². The van der Waals surface area contributed by atoms with Crippen LogP contribution in [0.3, 0.4) is 0 Å². The highest BCUT2D eigenvalue weighted by Gasteiger charge is 2.03. The van der Waals surface area contributed by atoms with E-state index in [9.17, 15) is 0 Å². The summed E-state index contributed by atoms with van der Waals surface area (Å²) in [4.78, 5) is 0. The molecule has 0 bridgehead atoms. The fourth-order valence-corrected chi connectivity index (χ4v) is 1.34. The maximum atomic E-state index is 5.65. The van der Waals surface area contributed by atoms with E-state index >= 15 is 0 Å². The molecule has 2 aromatic rings. The average Bonchev–Trinajstić information content (AvgIpc) is 2.32. The summed E-state index contributed by atoms with van der Waals surface area (Å²) in [6.45, 7) is 0.523. The lowest BCUT2D eigenvalue weighted by atomic mass is 10.2. The Morgan fingerprint density at radius 2 is 1.88 bits per heavy atom. The van der Waals surface area contributed by atoms with Crippen LogP contribution in [0.25, 0.3) is 0 Å². The number of benzene rings is 1. The summed E-state index contributed by atoms with van der Waals surface area (Å²) in [5.41, 5.74) is 6.76. The lowest BCUT2D eigenvalue weighted by molar-refractivity contribution is -0.623. The summed E-state index contributed by atoms with van der Waals surface area (Å²) >= 11 is 0. The zero-order chi connectivity index (χ0) is 11.4. The molecule has 4 N–H and O–H groups in total. The Hall–Kier alpha value is -2.23. The van der Waals surface area contributed by atoms with Gasteiger partial charge in [0.2, 0.25) is 0 Å². The van der Waals surface area contributed by atoms with Crippen molar-refractivity contribution in [2.75, 3.05) is 11.6 Å². The van der Waals surface area contributed by atoms with Gasteiger partial charge in [0.15, 0.2) is 0 Å². The van der Waals surface area contributed by atoms with Crippen LogP contribution in [0.4, 0.5) is 5.82 Å². The first kappa shape index (κ1) is 10.3. The van der Waals surface area contributed by atoms with Gasteiger partial charge in [0.1, 0.15) is 18.6 Å². The van der Waals surface area contributed by atoms with Crippen molar-refractivity contribution in [3.8, 4) is 5.75 Å². The molecule has 0 saturated heterocycles. The van der Waals surface area contributed by atoms with Crippen LogP contribution in [0.5, 0.6) is 5.75 Å². The molecule has 1 aromatic heterocycles. The number of nitrogen functional groups attached to an aromatic ring is 2. The first-order valence-corrected chi connectivity index (χ1v) is 4.99. The van der Waals surface area contributed by atoms with Crippen LogP contribution in [-0.4, -0.2) is 0 Å². The van der Waals surface area contributed by atoms with Gasteiger partial charge < -0.3 is 4.74 Å². The van der Waals surface area contributed by atoms with Crippen molar-refractivity contribution in [2.45, 2.75) is 6.61 Å². The maximum absolute atomic E-state index is 5.65. The van der Waals surface area contributed by atoms with Crippen molar-refractivity contribution in [3.63, 3.8) is 0 Å². The highest BCUT2D eigenvalue weighted by molar-refractivity contribution is 5.31. The largest absolute Gasteiger partial charge is 0.488 e. The molecule has 1 heterocycles. The molecular weight excluding hydrogens is 202 g/mol. The molecule has 2 rings (SSSR count). The minimum atomic E-state index is 0.463. The number of ether oxygens (including phenoxy) is 1. The zero-order valence-electron chi connectivity index (χ0n) is 8.84. The summed E-state index contributed by atoms with van der Waals surface area (Å²) in [6.07, 6.45) is 1.66. The third-order valence-electron chi connectivity index (χ3n) is 2.24. The van der Waals surface area contributed by atoms with Gasteiger partial charge in [-0.05, 0) is 5.56 Å². The first-order chi connectivity index (χ1) is 7.75. The van der Waals surface area contributed by atoms with Crippen molar-refractivity contribution in [3.05, 3.63) is 54.2 Å². The van der Waals surface area contributed by atoms with Crippen LogP contribution < -0.4 is 21.0 Å². The topological polar surface area (TPSA) is 65.2 Å². The summed E-state index contributed by atoms with van der Waals surface area (Å²) in [5, 5.41) is 0. The maximum Gasteiger partial charge on any atom is 0.299 e. The second kappa shape index (κ2) is 4.53. The number of pyridine rings is 1. The predicted octanol–water partition coefficient (Wildman–Crippen LogP) is 0.849. The number of nitrogens with zero attached hydrogens (tertiary/aromatic N) is 1. The Labute approximate surface area is 94.0 Å². The van der Waals surface area contributed by atoms with Crippen molar-refractivity contribution < 1.29 is 9.41 Å². The number of anilines is 1. The number of rotatable bonds is 3. The van der Waals surface area contributed by atoms with E-state index in [4.69, 9.17) is 16.3 Å². The van der Waals surface area contributed by atoms with Gasteiger partial charge in [0, 0.05) is 6.07 Å². The van der Waals surface area contributed by atoms with Gasteiger partial charge in [-0.15, -0.1) is 4.68 Å². The summed E-state index contributed by atoms with van der Waals surface area (Å²) < 4.78 is 6.92. The van der Waals surface area contributed by atoms with E-state index in [-0.39, 0.29) is 0 Å². The van der Waals surface area contributed by atoms with E-state index in [0.29, 0.717) is 18.2 Å². The monoisotopic (exact) mass is 216 g/mol. The SMILES string of the molecule is Nc1cc(OCc2ccccc2)cc[n+]1N. The molecule has 0 aliphatic rings. The van der Waals surface area contributed by atoms with E-state index < -0.39 is 0 Å². The minimum Gasteiger partial charge on any atom is -0.488 e. The predicted molar refractivity (Wildman–Crippen MR) is 62.0 cm³/mol. The highest BCUT2D eigenvalue weighted by atomic mass is 16.5. The first-order valence-electron chi connectivity index (χ1n) is 4.99. The van der Waals surface area contributed by atoms with E-state index in [2.05, 4.69) is 0 Å². The van der Waals surface area contributed by atoms with Crippen LogP contribution in [0, 0.1) is 0 Å². The Morgan fingerprint density at radius 1 is 1.12 bits per heavy atom. The zero-order valence-corrected chi connectivity index (χ0v) is 8.84. The number of nitrogens with two attached hydrogens (primary N) is 2. The molecule has 4 nitrogen and oxygen atoms in total. The molecule has 0 aliphatic heterocycles. The Morgan fingerprint density at radius 3 is 2.56 bits per heavy atom. The van der Waals surface area contributed by atoms with Gasteiger partial charge in [-0.2, -0.15) is 0 Å².